The van der Waals surface area contributed by atoms with Gasteiger partial charge in [0, 0.05) is 23.5 Å². The van der Waals surface area contributed by atoms with Crippen LogP contribution in [-0.2, 0) is 0 Å². The minimum atomic E-state index is 0.456. The van der Waals surface area contributed by atoms with Crippen LogP contribution in [0.15, 0.2) is 18.3 Å². The molecule has 1 heterocycles. The molecule has 0 radical (unpaired) electrons. The molecule has 88 valence electrons. The van der Waals surface area contributed by atoms with Crippen molar-refractivity contribution in [2.24, 2.45) is 0 Å². The van der Waals surface area contributed by atoms with E-state index in [9.17, 15) is 0 Å². The second-order valence-electron chi connectivity index (χ2n) is 4.06. The Balaban J connectivity index is 2.82. The van der Waals surface area contributed by atoms with Gasteiger partial charge in [-0.25, -0.2) is 4.98 Å². The maximum atomic E-state index is 7.70. The molecule has 2 N–H and O–H groups in total. The zero-order valence-corrected chi connectivity index (χ0v) is 10.4. The van der Waals surface area contributed by atoms with Gasteiger partial charge in [0.05, 0.1) is 0 Å². The summed E-state index contributed by atoms with van der Waals surface area (Å²) in [7, 11) is 0. The van der Waals surface area contributed by atoms with Gasteiger partial charge in [-0.05, 0) is 31.9 Å². The molecule has 0 saturated carbocycles. The van der Waals surface area contributed by atoms with Crippen LogP contribution in [0.5, 0.6) is 0 Å². The SMILES string of the molecule is CCCC(CC)Nc1ncccc1C(C)=N. The highest BCUT2D eigenvalue weighted by Crippen LogP contribution is 2.15. The van der Waals surface area contributed by atoms with Gasteiger partial charge < -0.3 is 10.7 Å². The lowest BCUT2D eigenvalue weighted by atomic mass is 10.1. The van der Waals surface area contributed by atoms with Crippen molar-refractivity contribution in [1.82, 2.24) is 4.98 Å². The summed E-state index contributed by atoms with van der Waals surface area (Å²) in [4.78, 5) is 4.32. The molecule has 0 bridgehead atoms. The van der Waals surface area contributed by atoms with Gasteiger partial charge in [0.2, 0.25) is 0 Å². The number of anilines is 1. The van der Waals surface area contributed by atoms with E-state index < -0.39 is 0 Å². The second-order valence-corrected chi connectivity index (χ2v) is 4.06. The quantitative estimate of drug-likeness (QED) is 0.720. The molecule has 3 nitrogen and oxygen atoms in total. The van der Waals surface area contributed by atoms with E-state index in [-0.39, 0.29) is 0 Å². The smallest absolute Gasteiger partial charge is 0.135 e. The van der Waals surface area contributed by atoms with Crippen molar-refractivity contribution in [3.8, 4) is 0 Å². The standard InChI is InChI=1S/C13H21N3/c1-4-7-11(5-2)16-13-12(10(3)14)8-6-9-15-13/h6,8-9,11,14H,4-5,7H2,1-3H3,(H,15,16). The summed E-state index contributed by atoms with van der Waals surface area (Å²) in [6.45, 7) is 6.15. The van der Waals surface area contributed by atoms with Crippen molar-refractivity contribution in [3.05, 3.63) is 23.9 Å². The molecule has 16 heavy (non-hydrogen) atoms. The third kappa shape index (κ3) is 3.33. The van der Waals surface area contributed by atoms with E-state index >= 15 is 0 Å². The van der Waals surface area contributed by atoms with Crippen molar-refractivity contribution in [2.45, 2.75) is 46.1 Å². The Kier molecular flexibility index (Phi) is 4.96. The van der Waals surface area contributed by atoms with Crippen molar-refractivity contribution in [2.75, 3.05) is 5.32 Å². The van der Waals surface area contributed by atoms with Gasteiger partial charge in [0.1, 0.15) is 5.82 Å². The van der Waals surface area contributed by atoms with Gasteiger partial charge >= 0.3 is 0 Å². The predicted molar refractivity (Wildman–Crippen MR) is 69.3 cm³/mol. The molecule has 0 amide bonds. The van der Waals surface area contributed by atoms with Crippen LogP contribution >= 0.6 is 0 Å². The Bertz CT molecular complexity index is 347. The zero-order chi connectivity index (χ0) is 12.0. The number of nitrogens with one attached hydrogen (secondary N) is 2. The highest BCUT2D eigenvalue weighted by Gasteiger charge is 2.09. The Morgan fingerprint density at radius 3 is 2.81 bits per heavy atom. The first-order valence-electron chi connectivity index (χ1n) is 5.96. The Labute approximate surface area is 97.8 Å². The van der Waals surface area contributed by atoms with Crippen LogP contribution in [0.25, 0.3) is 0 Å². The first-order valence-corrected chi connectivity index (χ1v) is 5.96. The number of aromatic nitrogens is 1. The van der Waals surface area contributed by atoms with Gasteiger partial charge in [-0.1, -0.05) is 20.3 Å². The minimum absolute atomic E-state index is 0.456. The molecular formula is C13H21N3. The molecule has 3 heteroatoms. The van der Waals surface area contributed by atoms with Gasteiger partial charge in [-0.15, -0.1) is 0 Å². The van der Waals surface area contributed by atoms with Crippen molar-refractivity contribution in [1.29, 1.82) is 5.41 Å². The molecule has 0 aliphatic rings. The van der Waals surface area contributed by atoms with E-state index in [4.69, 9.17) is 5.41 Å². The zero-order valence-electron chi connectivity index (χ0n) is 10.4. The van der Waals surface area contributed by atoms with Crippen LogP contribution in [0.4, 0.5) is 5.82 Å². The van der Waals surface area contributed by atoms with Crippen LogP contribution < -0.4 is 5.32 Å². The normalized spacial score (nSPS) is 12.2. The lowest BCUT2D eigenvalue weighted by Gasteiger charge is -2.18. The van der Waals surface area contributed by atoms with E-state index in [1.54, 1.807) is 13.1 Å². The maximum Gasteiger partial charge on any atom is 0.135 e. The van der Waals surface area contributed by atoms with Crippen LogP contribution in [-0.4, -0.2) is 16.7 Å². The molecule has 0 saturated heterocycles. The van der Waals surface area contributed by atoms with E-state index in [1.807, 2.05) is 12.1 Å². The first kappa shape index (κ1) is 12.7. The third-order valence-electron chi connectivity index (χ3n) is 2.68. The Morgan fingerprint density at radius 1 is 1.50 bits per heavy atom. The summed E-state index contributed by atoms with van der Waals surface area (Å²) in [5.74, 6) is 0.843. The molecule has 0 aliphatic carbocycles. The van der Waals surface area contributed by atoms with Crippen LogP contribution in [0.2, 0.25) is 0 Å². The molecule has 1 unspecified atom stereocenters. The molecule has 1 aromatic rings. The highest BCUT2D eigenvalue weighted by molar-refractivity contribution is 6.00. The van der Waals surface area contributed by atoms with Gasteiger partial charge in [-0.3, -0.25) is 0 Å². The summed E-state index contributed by atoms with van der Waals surface area (Å²) in [5, 5.41) is 11.1. The molecule has 0 fully saturated rings. The number of pyridine rings is 1. The van der Waals surface area contributed by atoms with E-state index in [0.29, 0.717) is 11.8 Å². The molecule has 1 rings (SSSR count). The van der Waals surface area contributed by atoms with Gasteiger partial charge in [0.25, 0.3) is 0 Å². The monoisotopic (exact) mass is 219 g/mol. The molecule has 1 atom stereocenters. The van der Waals surface area contributed by atoms with Gasteiger partial charge in [-0.2, -0.15) is 0 Å². The van der Waals surface area contributed by atoms with Crippen LogP contribution in [0.3, 0.4) is 0 Å². The molecular weight excluding hydrogens is 198 g/mol. The number of hydrogen-bond acceptors (Lipinski definition) is 3. The molecule has 0 spiro atoms. The molecule has 0 aliphatic heterocycles. The lowest BCUT2D eigenvalue weighted by Crippen LogP contribution is -2.20. The van der Waals surface area contributed by atoms with E-state index in [0.717, 1.165) is 30.6 Å². The summed E-state index contributed by atoms with van der Waals surface area (Å²) in [6, 6.07) is 4.27. The van der Waals surface area contributed by atoms with Crippen LogP contribution in [0.1, 0.15) is 45.6 Å². The first-order chi connectivity index (χ1) is 7.69. The predicted octanol–water partition coefficient (Wildman–Crippen LogP) is 3.46. The largest absolute Gasteiger partial charge is 0.367 e. The summed E-state index contributed by atoms with van der Waals surface area (Å²) in [5.41, 5.74) is 1.46. The second kappa shape index (κ2) is 6.26. The average molecular weight is 219 g/mol. The minimum Gasteiger partial charge on any atom is -0.367 e. The fourth-order valence-electron chi connectivity index (χ4n) is 1.74. The average Bonchev–Trinajstić information content (AvgIpc) is 2.29. The summed E-state index contributed by atoms with van der Waals surface area (Å²) >= 11 is 0. The Hall–Kier alpha value is -1.38. The van der Waals surface area contributed by atoms with Crippen molar-refractivity contribution in [3.63, 3.8) is 0 Å². The van der Waals surface area contributed by atoms with Crippen molar-refractivity contribution < 1.29 is 0 Å². The number of nitrogens with zero attached hydrogens (tertiary/aromatic N) is 1. The van der Waals surface area contributed by atoms with Crippen LogP contribution in [0, 0.1) is 5.41 Å². The van der Waals surface area contributed by atoms with E-state index in [2.05, 4.69) is 24.1 Å². The number of rotatable bonds is 6. The lowest BCUT2D eigenvalue weighted by molar-refractivity contribution is 0.620. The molecule has 0 aromatic carbocycles. The maximum absolute atomic E-state index is 7.70. The Morgan fingerprint density at radius 2 is 2.25 bits per heavy atom. The summed E-state index contributed by atoms with van der Waals surface area (Å²) < 4.78 is 0. The van der Waals surface area contributed by atoms with E-state index in [1.165, 1.54) is 0 Å². The highest BCUT2D eigenvalue weighted by atomic mass is 15.0. The van der Waals surface area contributed by atoms with Gasteiger partial charge in [0.15, 0.2) is 0 Å². The fraction of sp³-hybridized carbons (Fsp3) is 0.538. The third-order valence-corrected chi connectivity index (χ3v) is 2.68. The molecule has 1 aromatic heterocycles. The summed E-state index contributed by atoms with van der Waals surface area (Å²) in [6.07, 6.45) is 5.16. The fourth-order valence-corrected chi connectivity index (χ4v) is 1.74. The topological polar surface area (TPSA) is 48.8 Å². The number of hydrogen-bond donors (Lipinski definition) is 2. The van der Waals surface area contributed by atoms with Crippen molar-refractivity contribution >= 4 is 11.5 Å².